The predicted molar refractivity (Wildman–Crippen MR) is 95.7 cm³/mol. The highest BCUT2D eigenvalue weighted by atomic mass is 79.9. The van der Waals surface area contributed by atoms with Gasteiger partial charge in [0.1, 0.15) is 6.10 Å². The number of fused-ring (bicyclic) bond motifs is 5. The van der Waals surface area contributed by atoms with Crippen LogP contribution in [0.2, 0.25) is 0 Å². The van der Waals surface area contributed by atoms with Gasteiger partial charge >= 0.3 is 5.97 Å². The minimum absolute atomic E-state index is 0.0969. The second kappa shape index (κ2) is 5.96. The minimum Gasteiger partial charge on any atom is -0.462 e. The fraction of sp³-hybridized carbons (Fsp3) is 0.800. The largest absolute Gasteiger partial charge is 0.462 e. The first-order valence-electron chi connectivity index (χ1n) is 9.45. The Hall–Kier alpha value is -0.640. The highest BCUT2D eigenvalue weighted by molar-refractivity contribution is 9.09. The van der Waals surface area contributed by atoms with E-state index in [1.54, 1.807) is 0 Å². The summed E-state index contributed by atoms with van der Waals surface area (Å²) in [6.07, 6.45) is 9.48. The fourth-order valence-corrected chi connectivity index (χ4v) is 7.39. The van der Waals surface area contributed by atoms with Gasteiger partial charge in [-0.2, -0.15) is 0 Å². The molecule has 24 heavy (non-hydrogen) atoms. The Kier molecular flexibility index (Phi) is 4.18. The van der Waals surface area contributed by atoms with Gasteiger partial charge in [-0.3, -0.25) is 9.59 Å². The van der Waals surface area contributed by atoms with Crippen LogP contribution in [-0.2, 0) is 14.3 Å². The zero-order valence-electron chi connectivity index (χ0n) is 14.6. The molecule has 0 spiro atoms. The first-order valence-corrected chi connectivity index (χ1v) is 10.4. The number of hydrogen-bond acceptors (Lipinski definition) is 3. The predicted octanol–water partition coefficient (Wildman–Crippen LogP) is 4.43. The number of carbonyl (C=O) groups excluding carboxylic acids is 2. The van der Waals surface area contributed by atoms with Gasteiger partial charge in [0.15, 0.2) is 5.78 Å². The molecule has 3 fully saturated rings. The Morgan fingerprint density at radius 3 is 2.79 bits per heavy atom. The Morgan fingerprint density at radius 2 is 2.04 bits per heavy atom. The number of allylic oxidation sites excluding steroid dienone is 1. The lowest BCUT2D eigenvalue weighted by Gasteiger charge is -2.54. The van der Waals surface area contributed by atoms with Crippen LogP contribution >= 0.6 is 15.9 Å². The van der Waals surface area contributed by atoms with Gasteiger partial charge in [-0.15, -0.1) is 0 Å². The molecule has 0 aromatic heterocycles. The summed E-state index contributed by atoms with van der Waals surface area (Å²) in [7, 11) is 0. The molecule has 0 aliphatic heterocycles. The van der Waals surface area contributed by atoms with Crippen molar-refractivity contribution in [3.05, 3.63) is 11.6 Å². The molecule has 132 valence electrons. The van der Waals surface area contributed by atoms with E-state index in [0.717, 1.165) is 32.1 Å². The van der Waals surface area contributed by atoms with Crippen molar-refractivity contribution in [2.24, 2.45) is 29.1 Å². The molecule has 0 bridgehead atoms. The number of ether oxygens (including phenoxy) is 1. The second-order valence-electron chi connectivity index (χ2n) is 8.61. The van der Waals surface area contributed by atoms with Gasteiger partial charge in [0.05, 0.1) is 0 Å². The first kappa shape index (κ1) is 16.8. The van der Waals surface area contributed by atoms with E-state index >= 15 is 0 Å². The van der Waals surface area contributed by atoms with Crippen LogP contribution in [0.25, 0.3) is 0 Å². The molecular weight excluding hydrogens is 368 g/mol. The number of carbonyl (C=O) groups is 2. The lowest BCUT2D eigenvalue weighted by atomic mass is 9.52. The third-order valence-corrected chi connectivity index (χ3v) is 8.43. The number of hydrogen-bond donors (Lipinski definition) is 0. The number of ketones is 1. The third-order valence-electron chi connectivity index (χ3n) is 7.53. The van der Waals surface area contributed by atoms with Crippen LogP contribution in [0.4, 0.5) is 0 Å². The smallest absolute Gasteiger partial charge is 0.302 e. The van der Waals surface area contributed by atoms with Crippen molar-refractivity contribution in [2.45, 2.75) is 69.7 Å². The van der Waals surface area contributed by atoms with E-state index in [1.165, 1.54) is 25.3 Å². The van der Waals surface area contributed by atoms with E-state index in [9.17, 15) is 9.59 Å². The summed E-state index contributed by atoms with van der Waals surface area (Å²) in [6, 6.07) is 0. The minimum atomic E-state index is -0.137. The summed E-state index contributed by atoms with van der Waals surface area (Å²) in [5.74, 6) is 2.82. The number of alkyl halides is 1. The van der Waals surface area contributed by atoms with Crippen LogP contribution in [-0.4, -0.2) is 22.7 Å². The standard InChI is InChI=1S/C20H27BrO3/c1-11(22)24-19-6-5-17-15-10-18(21)16-9-12(23)3-4-13(16)14(15)7-8-20(17,19)2/h9,13-15,17-19H,3-8,10H2,1-2H3. The van der Waals surface area contributed by atoms with Gasteiger partial charge in [0, 0.05) is 23.6 Å². The zero-order chi connectivity index (χ0) is 17.1. The Balaban J connectivity index is 1.61. The fourth-order valence-electron chi connectivity index (χ4n) is 6.49. The molecule has 0 N–H and O–H groups in total. The van der Waals surface area contributed by atoms with Gasteiger partial charge in [-0.1, -0.05) is 22.9 Å². The van der Waals surface area contributed by atoms with E-state index in [-0.39, 0.29) is 17.5 Å². The molecule has 0 aromatic carbocycles. The Morgan fingerprint density at radius 1 is 1.25 bits per heavy atom. The van der Waals surface area contributed by atoms with Crippen LogP contribution < -0.4 is 0 Å². The summed E-state index contributed by atoms with van der Waals surface area (Å²) >= 11 is 3.88. The first-order chi connectivity index (χ1) is 11.4. The van der Waals surface area contributed by atoms with Crippen molar-refractivity contribution in [1.82, 2.24) is 0 Å². The SMILES string of the molecule is CC(=O)OC1CCC2C3CC(Br)C4=CC(=O)CCC4C3CCC12C. The van der Waals surface area contributed by atoms with Gasteiger partial charge < -0.3 is 4.74 Å². The molecule has 3 nitrogen and oxygen atoms in total. The molecule has 4 heteroatoms. The maximum absolute atomic E-state index is 11.9. The lowest BCUT2D eigenvalue weighted by Crippen LogP contribution is -2.50. The van der Waals surface area contributed by atoms with Crippen LogP contribution in [0.5, 0.6) is 0 Å². The molecular formula is C20H27BrO3. The van der Waals surface area contributed by atoms with Gasteiger partial charge in [-0.05, 0) is 73.8 Å². The monoisotopic (exact) mass is 394 g/mol. The van der Waals surface area contributed by atoms with Gasteiger partial charge in [0.25, 0.3) is 0 Å². The highest BCUT2D eigenvalue weighted by Gasteiger charge is 2.58. The average molecular weight is 395 g/mol. The highest BCUT2D eigenvalue weighted by Crippen LogP contribution is 2.63. The van der Waals surface area contributed by atoms with Crippen molar-refractivity contribution in [2.75, 3.05) is 0 Å². The normalized spacial score (nSPS) is 47.3. The van der Waals surface area contributed by atoms with Crippen molar-refractivity contribution >= 4 is 27.7 Å². The molecule has 0 radical (unpaired) electrons. The Labute approximate surface area is 152 Å². The second-order valence-corrected chi connectivity index (χ2v) is 9.72. The van der Waals surface area contributed by atoms with E-state index < -0.39 is 0 Å². The van der Waals surface area contributed by atoms with Crippen molar-refractivity contribution in [3.63, 3.8) is 0 Å². The molecule has 4 aliphatic rings. The molecule has 3 saturated carbocycles. The molecule has 7 unspecified atom stereocenters. The zero-order valence-corrected chi connectivity index (χ0v) is 16.2. The van der Waals surface area contributed by atoms with E-state index in [2.05, 4.69) is 22.9 Å². The molecule has 4 aliphatic carbocycles. The molecule has 4 rings (SSSR count). The van der Waals surface area contributed by atoms with E-state index in [0.29, 0.717) is 34.3 Å². The molecule has 0 aromatic rings. The van der Waals surface area contributed by atoms with Crippen LogP contribution in [0.1, 0.15) is 58.8 Å². The van der Waals surface area contributed by atoms with Crippen molar-refractivity contribution in [1.29, 1.82) is 0 Å². The number of esters is 1. The summed E-state index contributed by atoms with van der Waals surface area (Å²) in [4.78, 5) is 23.7. The third kappa shape index (κ3) is 2.51. The number of halogens is 1. The maximum Gasteiger partial charge on any atom is 0.302 e. The van der Waals surface area contributed by atoms with Crippen molar-refractivity contribution < 1.29 is 14.3 Å². The molecule has 0 amide bonds. The summed E-state index contributed by atoms with van der Waals surface area (Å²) < 4.78 is 5.70. The summed E-state index contributed by atoms with van der Waals surface area (Å²) in [5.41, 5.74) is 1.51. The number of rotatable bonds is 1. The van der Waals surface area contributed by atoms with Gasteiger partial charge in [0.2, 0.25) is 0 Å². The van der Waals surface area contributed by atoms with Crippen LogP contribution in [0.3, 0.4) is 0 Å². The lowest BCUT2D eigenvalue weighted by molar-refractivity contribution is -0.156. The van der Waals surface area contributed by atoms with Crippen LogP contribution in [0, 0.1) is 29.1 Å². The molecule has 7 atom stereocenters. The molecule has 0 heterocycles. The van der Waals surface area contributed by atoms with Crippen molar-refractivity contribution in [3.8, 4) is 0 Å². The quantitative estimate of drug-likeness (QED) is 0.487. The van der Waals surface area contributed by atoms with Gasteiger partial charge in [-0.25, -0.2) is 0 Å². The maximum atomic E-state index is 11.9. The summed E-state index contributed by atoms with van der Waals surface area (Å²) in [6.45, 7) is 3.89. The van der Waals surface area contributed by atoms with E-state index in [1.807, 2.05) is 6.08 Å². The Bertz CT molecular complexity index is 598. The van der Waals surface area contributed by atoms with E-state index in [4.69, 9.17) is 4.74 Å². The van der Waals surface area contributed by atoms with Crippen LogP contribution in [0.15, 0.2) is 11.6 Å². The average Bonchev–Trinajstić information content (AvgIpc) is 2.84. The summed E-state index contributed by atoms with van der Waals surface area (Å²) in [5, 5.41) is 0. The topological polar surface area (TPSA) is 43.4 Å². The molecule has 0 saturated heterocycles.